The van der Waals surface area contributed by atoms with Gasteiger partial charge < -0.3 is 11.1 Å². The van der Waals surface area contributed by atoms with Crippen LogP contribution in [0.4, 0.5) is 5.69 Å². The molecule has 0 aliphatic heterocycles. The van der Waals surface area contributed by atoms with E-state index in [0.29, 0.717) is 16.6 Å². The molecule has 5 heteroatoms. The second-order valence-electron chi connectivity index (χ2n) is 6.28. The van der Waals surface area contributed by atoms with E-state index in [1.807, 2.05) is 6.92 Å². The van der Waals surface area contributed by atoms with Crippen molar-refractivity contribution in [1.29, 1.82) is 0 Å². The first kappa shape index (κ1) is 15.3. The van der Waals surface area contributed by atoms with E-state index in [4.69, 9.17) is 5.73 Å². The van der Waals surface area contributed by atoms with Crippen LogP contribution in [0.3, 0.4) is 0 Å². The molecule has 118 valence electrons. The van der Waals surface area contributed by atoms with E-state index in [2.05, 4.69) is 24.1 Å². The van der Waals surface area contributed by atoms with Crippen LogP contribution in [0.2, 0.25) is 0 Å². The highest BCUT2D eigenvalue weighted by molar-refractivity contribution is 7.21. The maximum atomic E-state index is 12.6. The number of carbonyl (C=O) groups is 1. The summed E-state index contributed by atoms with van der Waals surface area (Å²) in [7, 11) is 0. The number of hydrogen-bond donors (Lipinski definition) is 2. The van der Waals surface area contributed by atoms with E-state index in [9.17, 15) is 4.79 Å². The molecule has 0 bridgehead atoms. The molecule has 0 spiro atoms. The Balaban J connectivity index is 1.95. The topological polar surface area (TPSA) is 68.0 Å². The number of carbonyl (C=O) groups excluding carboxylic acids is 1. The number of anilines is 1. The summed E-state index contributed by atoms with van der Waals surface area (Å²) in [5, 5.41) is 4.10. The maximum absolute atomic E-state index is 12.6. The third-order valence-electron chi connectivity index (χ3n) is 4.82. The van der Waals surface area contributed by atoms with Gasteiger partial charge in [0.15, 0.2) is 0 Å². The van der Waals surface area contributed by atoms with Gasteiger partial charge in [0.05, 0.1) is 5.69 Å². The number of aromatic nitrogens is 1. The quantitative estimate of drug-likeness (QED) is 0.883. The SMILES string of the molecule is Cc1nc2sc(C(=O)NC3CCCCC3)c(N)c2c(C)c1C. The summed E-state index contributed by atoms with van der Waals surface area (Å²) in [5.74, 6) is -0.0397. The number of rotatable bonds is 2. The zero-order valence-electron chi connectivity index (χ0n) is 13.5. The number of fused-ring (bicyclic) bond motifs is 1. The maximum Gasteiger partial charge on any atom is 0.263 e. The Morgan fingerprint density at radius 2 is 1.86 bits per heavy atom. The molecule has 1 aliphatic carbocycles. The first-order valence-corrected chi connectivity index (χ1v) is 8.77. The van der Waals surface area contributed by atoms with Crippen molar-refractivity contribution < 1.29 is 4.79 Å². The molecule has 0 aromatic carbocycles. The number of nitrogens with two attached hydrogens (primary N) is 1. The fourth-order valence-corrected chi connectivity index (χ4v) is 4.34. The molecule has 0 unspecified atom stereocenters. The molecule has 1 fully saturated rings. The number of nitrogens with zero attached hydrogens (tertiary/aromatic N) is 1. The lowest BCUT2D eigenvalue weighted by Gasteiger charge is -2.22. The summed E-state index contributed by atoms with van der Waals surface area (Å²) in [6.07, 6.45) is 5.83. The van der Waals surface area contributed by atoms with Gasteiger partial charge in [-0.1, -0.05) is 19.3 Å². The fraction of sp³-hybridized carbons (Fsp3) is 0.529. The largest absolute Gasteiger partial charge is 0.397 e. The highest BCUT2D eigenvalue weighted by Crippen LogP contribution is 2.36. The van der Waals surface area contributed by atoms with Gasteiger partial charge >= 0.3 is 0 Å². The Morgan fingerprint density at radius 3 is 2.55 bits per heavy atom. The zero-order valence-corrected chi connectivity index (χ0v) is 14.3. The third-order valence-corrected chi connectivity index (χ3v) is 5.92. The monoisotopic (exact) mass is 317 g/mol. The molecule has 0 saturated heterocycles. The van der Waals surface area contributed by atoms with Gasteiger partial charge in [0, 0.05) is 17.1 Å². The first-order chi connectivity index (χ1) is 10.5. The van der Waals surface area contributed by atoms with Gasteiger partial charge in [0.25, 0.3) is 5.91 Å². The molecular weight excluding hydrogens is 294 g/mol. The molecule has 2 heterocycles. The van der Waals surface area contributed by atoms with E-state index in [1.54, 1.807) is 0 Å². The van der Waals surface area contributed by atoms with Crippen molar-refractivity contribution in [3.05, 3.63) is 21.7 Å². The standard InChI is InChI=1S/C17H23N3OS/c1-9-10(2)13-14(18)15(22-17(13)19-11(9)3)16(21)20-12-7-5-4-6-8-12/h12H,4-8,18H2,1-3H3,(H,20,21). The highest BCUT2D eigenvalue weighted by Gasteiger charge is 2.23. The van der Waals surface area contributed by atoms with Crippen molar-refractivity contribution in [2.45, 2.75) is 58.9 Å². The van der Waals surface area contributed by atoms with Gasteiger partial charge in [-0.25, -0.2) is 4.98 Å². The van der Waals surface area contributed by atoms with Crippen LogP contribution in [0.1, 0.15) is 58.6 Å². The average Bonchev–Trinajstić information content (AvgIpc) is 2.83. The predicted octanol–water partition coefficient (Wildman–Crippen LogP) is 3.87. The van der Waals surface area contributed by atoms with Crippen molar-refractivity contribution in [3.63, 3.8) is 0 Å². The van der Waals surface area contributed by atoms with Crippen LogP contribution in [0.25, 0.3) is 10.2 Å². The van der Waals surface area contributed by atoms with Gasteiger partial charge in [-0.2, -0.15) is 0 Å². The predicted molar refractivity (Wildman–Crippen MR) is 92.6 cm³/mol. The number of hydrogen-bond acceptors (Lipinski definition) is 4. The smallest absolute Gasteiger partial charge is 0.263 e. The second kappa shape index (κ2) is 5.88. The molecule has 4 nitrogen and oxygen atoms in total. The summed E-state index contributed by atoms with van der Waals surface area (Å²) >= 11 is 1.41. The summed E-state index contributed by atoms with van der Waals surface area (Å²) in [6, 6.07) is 0.295. The molecule has 0 atom stereocenters. The molecule has 1 amide bonds. The Hall–Kier alpha value is -1.62. The van der Waals surface area contributed by atoms with Crippen LogP contribution < -0.4 is 11.1 Å². The third kappa shape index (κ3) is 2.58. The Bertz CT molecular complexity index is 729. The van der Waals surface area contributed by atoms with Crippen LogP contribution in [0, 0.1) is 20.8 Å². The van der Waals surface area contributed by atoms with Crippen molar-refractivity contribution in [2.24, 2.45) is 0 Å². The Labute approximate surface area is 135 Å². The summed E-state index contributed by atoms with van der Waals surface area (Å²) in [6.45, 7) is 6.10. The molecular formula is C17H23N3OS. The van der Waals surface area contributed by atoms with E-state index < -0.39 is 0 Å². The van der Waals surface area contributed by atoms with Crippen molar-refractivity contribution in [2.75, 3.05) is 5.73 Å². The van der Waals surface area contributed by atoms with Gasteiger partial charge in [0.1, 0.15) is 9.71 Å². The Morgan fingerprint density at radius 1 is 1.18 bits per heavy atom. The molecule has 3 N–H and O–H groups in total. The first-order valence-electron chi connectivity index (χ1n) is 7.95. The van der Waals surface area contributed by atoms with Crippen LogP contribution in [-0.4, -0.2) is 16.9 Å². The van der Waals surface area contributed by atoms with Crippen LogP contribution in [-0.2, 0) is 0 Å². The molecule has 1 aliphatic rings. The molecule has 0 radical (unpaired) electrons. The van der Waals surface area contributed by atoms with Crippen molar-refractivity contribution in [3.8, 4) is 0 Å². The Kier molecular flexibility index (Phi) is 4.08. The van der Waals surface area contributed by atoms with E-state index >= 15 is 0 Å². The lowest BCUT2D eigenvalue weighted by atomic mass is 9.95. The lowest BCUT2D eigenvalue weighted by molar-refractivity contribution is 0.0932. The summed E-state index contributed by atoms with van der Waals surface area (Å²) in [5.41, 5.74) is 10.1. The van der Waals surface area contributed by atoms with Crippen LogP contribution in [0.15, 0.2) is 0 Å². The van der Waals surface area contributed by atoms with Gasteiger partial charge in [0.2, 0.25) is 0 Å². The molecule has 2 aromatic heterocycles. The fourth-order valence-electron chi connectivity index (χ4n) is 3.23. The van der Waals surface area contributed by atoms with Crippen molar-refractivity contribution in [1.82, 2.24) is 10.3 Å². The number of nitrogens with one attached hydrogen (secondary N) is 1. The lowest BCUT2D eigenvalue weighted by Crippen LogP contribution is -2.36. The summed E-state index contributed by atoms with van der Waals surface area (Å²) < 4.78 is 0. The minimum Gasteiger partial charge on any atom is -0.397 e. The van der Waals surface area contributed by atoms with Crippen LogP contribution >= 0.6 is 11.3 Å². The number of aryl methyl sites for hydroxylation is 2. The normalized spacial score (nSPS) is 16.1. The minimum atomic E-state index is -0.0397. The zero-order chi connectivity index (χ0) is 15.9. The van der Waals surface area contributed by atoms with E-state index in [1.165, 1.54) is 30.6 Å². The average molecular weight is 317 g/mol. The van der Waals surface area contributed by atoms with Crippen molar-refractivity contribution >= 4 is 33.1 Å². The summed E-state index contributed by atoms with van der Waals surface area (Å²) in [4.78, 5) is 18.7. The number of nitrogen functional groups attached to an aromatic ring is 1. The molecule has 3 rings (SSSR count). The molecule has 2 aromatic rings. The van der Waals surface area contributed by atoms with E-state index in [0.717, 1.165) is 39.9 Å². The van der Waals surface area contributed by atoms with E-state index in [-0.39, 0.29) is 5.91 Å². The highest BCUT2D eigenvalue weighted by atomic mass is 32.1. The minimum absolute atomic E-state index is 0.0397. The van der Waals surface area contributed by atoms with Crippen LogP contribution in [0.5, 0.6) is 0 Å². The number of pyridine rings is 1. The second-order valence-corrected chi connectivity index (χ2v) is 7.28. The number of amides is 1. The van der Waals surface area contributed by atoms with Gasteiger partial charge in [-0.05, 0) is 44.7 Å². The molecule has 1 saturated carbocycles. The van der Waals surface area contributed by atoms with Gasteiger partial charge in [-0.15, -0.1) is 11.3 Å². The molecule has 22 heavy (non-hydrogen) atoms. The van der Waals surface area contributed by atoms with Gasteiger partial charge in [-0.3, -0.25) is 4.79 Å². The number of thiophene rings is 1.